The molecule has 0 bridgehead atoms. The van der Waals surface area contributed by atoms with Gasteiger partial charge in [-0.25, -0.2) is 0 Å². The summed E-state index contributed by atoms with van der Waals surface area (Å²) in [5.74, 6) is -3.26. The maximum atomic E-state index is 12.3. The van der Waals surface area contributed by atoms with Gasteiger partial charge in [-0.1, -0.05) is 90.2 Å². The fourth-order valence-corrected chi connectivity index (χ4v) is 5.35. The van der Waals surface area contributed by atoms with Crippen LogP contribution in [-0.2, 0) is 52.4 Å². The predicted molar refractivity (Wildman–Crippen MR) is 176 cm³/mol. The molecule has 48 heavy (non-hydrogen) atoms. The molecule has 0 saturated carbocycles. The number of carbonyl (C=O) groups is 5. The van der Waals surface area contributed by atoms with Crippen molar-refractivity contribution < 1.29 is 57.5 Å². The molecular weight excluding hydrogens is 626 g/mol. The van der Waals surface area contributed by atoms with Gasteiger partial charge in [-0.05, 0) is 12.8 Å². The van der Waals surface area contributed by atoms with E-state index in [0.717, 1.165) is 40.0 Å². The van der Waals surface area contributed by atoms with Crippen molar-refractivity contribution in [2.24, 2.45) is 0 Å². The number of aliphatic hydroxyl groups is 1. The number of carbonyl (C=O) groups excluding carboxylic acids is 5. The maximum absolute atomic E-state index is 12.3. The van der Waals surface area contributed by atoms with Gasteiger partial charge in [0.25, 0.3) is 0 Å². The minimum atomic E-state index is -1.43. The Hall–Kier alpha value is -3.03. The fourth-order valence-electron chi connectivity index (χ4n) is 5.35. The molecule has 1 aliphatic rings. The second kappa shape index (κ2) is 25.0. The highest BCUT2D eigenvalue weighted by Crippen LogP contribution is 2.30. The summed E-state index contributed by atoms with van der Waals surface area (Å²) in [4.78, 5) is 60.0. The molecule has 13 heteroatoms. The van der Waals surface area contributed by atoms with Gasteiger partial charge in [0.05, 0.1) is 18.8 Å². The number of amides is 1. The standard InChI is InChI=1S/C35H59NO12/c1-7-9-10-11-12-13-14-15-16-17-18-19-20-21-29(41)28(36-31(42)8-2)22-44-35-34(47-27(6)40)33(46-26(5)39)32(45-25(4)38)30(48-35)23-43-24(3)37/h20-21,28-30,32-35,41H,7-19,22-23H2,1-6H3,(H,36,42)/t28-,29+,30+,32-,33-,34+,35+/m0/s1. The van der Waals surface area contributed by atoms with Crippen LogP contribution in [0.1, 0.15) is 125 Å². The molecular formula is C35H59NO12. The van der Waals surface area contributed by atoms with E-state index in [4.69, 9.17) is 28.4 Å². The molecule has 1 saturated heterocycles. The van der Waals surface area contributed by atoms with Crippen LogP contribution in [0.2, 0.25) is 0 Å². The van der Waals surface area contributed by atoms with Crippen molar-refractivity contribution in [3.8, 4) is 0 Å². The summed E-state index contributed by atoms with van der Waals surface area (Å²) in [5.41, 5.74) is 0. The summed E-state index contributed by atoms with van der Waals surface area (Å²) in [6.45, 7) is 7.74. The van der Waals surface area contributed by atoms with Gasteiger partial charge < -0.3 is 38.8 Å². The highest BCUT2D eigenvalue weighted by Gasteiger charge is 2.53. The number of allylic oxidation sites excluding steroid dienone is 1. The Balaban J connectivity index is 2.93. The lowest BCUT2D eigenvalue weighted by atomic mass is 9.98. The predicted octanol–water partition coefficient (Wildman–Crippen LogP) is 4.60. The summed E-state index contributed by atoms with van der Waals surface area (Å²) in [6, 6.07) is -0.919. The first-order valence-corrected chi connectivity index (χ1v) is 17.5. The first kappa shape index (κ1) is 43.0. The van der Waals surface area contributed by atoms with Gasteiger partial charge >= 0.3 is 23.9 Å². The van der Waals surface area contributed by atoms with E-state index in [1.54, 1.807) is 13.0 Å². The van der Waals surface area contributed by atoms with Crippen LogP contribution in [0.4, 0.5) is 0 Å². The highest BCUT2D eigenvalue weighted by molar-refractivity contribution is 5.76. The van der Waals surface area contributed by atoms with E-state index in [1.807, 2.05) is 6.08 Å². The Bertz CT molecular complexity index is 1000. The summed E-state index contributed by atoms with van der Waals surface area (Å²) in [6.07, 6.45) is 10.1. The summed E-state index contributed by atoms with van der Waals surface area (Å²) in [7, 11) is 0. The van der Waals surface area contributed by atoms with Crippen molar-refractivity contribution in [3.63, 3.8) is 0 Å². The quantitative estimate of drug-likeness (QED) is 0.0627. The van der Waals surface area contributed by atoms with Gasteiger partial charge in [-0.2, -0.15) is 0 Å². The SMILES string of the molecule is CCCCCCCCCCCCCC=C[C@@H](O)[C@H](CO[C@@H]1O[C@H](COC(C)=O)[C@H](OC(C)=O)[C@H](OC(C)=O)[C@H]1OC(C)=O)NC(=O)CC. The van der Waals surface area contributed by atoms with Crippen LogP contribution in [0.5, 0.6) is 0 Å². The summed E-state index contributed by atoms with van der Waals surface area (Å²) in [5, 5.41) is 13.7. The molecule has 1 amide bonds. The van der Waals surface area contributed by atoms with Gasteiger partial charge in [0, 0.05) is 34.1 Å². The second-order valence-corrected chi connectivity index (χ2v) is 12.2. The van der Waals surface area contributed by atoms with E-state index in [1.165, 1.54) is 64.7 Å². The van der Waals surface area contributed by atoms with Gasteiger partial charge in [-0.15, -0.1) is 0 Å². The van der Waals surface area contributed by atoms with E-state index in [2.05, 4.69) is 12.2 Å². The zero-order valence-corrected chi connectivity index (χ0v) is 29.7. The average molecular weight is 686 g/mol. The second-order valence-electron chi connectivity index (χ2n) is 12.2. The molecule has 0 radical (unpaired) electrons. The highest BCUT2D eigenvalue weighted by atomic mass is 16.7. The van der Waals surface area contributed by atoms with Gasteiger partial charge in [0.2, 0.25) is 5.91 Å². The molecule has 1 rings (SSSR count). The van der Waals surface area contributed by atoms with Crippen molar-refractivity contribution in [3.05, 3.63) is 12.2 Å². The van der Waals surface area contributed by atoms with E-state index >= 15 is 0 Å². The van der Waals surface area contributed by atoms with Gasteiger partial charge in [-0.3, -0.25) is 24.0 Å². The smallest absolute Gasteiger partial charge is 0.303 e. The zero-order valence-electron chi connectivity index (χ0n) is 29.7. The van der Waals surface area contributed by atoms with Crippen molar-refractivity contribution in [2.75, 3.05) is 13.2 Å². The molecule has 0 aromatic heterocycles. The number of aliphatic hydroxyl groups excluding tert-OH is 1. The summed E-state index contributed by atoms with van der Waals surface area (Å²) < 4.78 is 33.2. The van der Waals surface area contributed by atoms with E-state index in [-0.39, 0.29) is 18.9 Å². The number of hydrogen-bond donors (Lipinski definition) is 2. The van der Waals surface area contributed by atoms with E-state index in [0.29, 0.717) is 0 Å². The van der Waals surface area contributed by atoms with Crippen molar-refractivity contribution in [1.29, 1.82) is 0 Å². The first-order valence-electron chi connectivity index (χ1n) is 17.5. The number of ether oxygens (including phenoxy) is 6. The Labute approximate surface area is 285 Å². The Morgan fingerprint density at radius 1 is 0.729 bits per heavy atom. The molecule has 276 valence electrons. The van der Waals surface area contributed by atoms with Gasteiger partial charge in [0.1, 0.15) is 12.7 Å². The van der Waals surface area contributed by atoms with Crippen LogP contribution in [-0.4, -0.2) is 91.0 Å². The molecule has 1 fully saturated rings. The lowest BCUT2D eigenvalue weighted by Crippen LogP contribution is -2.63. The third-order valence-electron chi connectivity index (χ3n) is 7.78. The molecule has 0 aromatic rings. The number of hydrogen-bond acceptors (Lipinski definition) is 12. The van der Waals surface area contributed by atoms with E-state index in [9.17, 15) is 29.1 Å². The van der Waals surface area contributed by atoms with Crippen LogP contribution < -0.4 is 5.32 Å². The molecule has 1 aliphatic heterocycles. The van der Waals surface area contributed by atoms with Gasteiger partial charge in [0.15, 0.2) is 24.6 Å². The first-order chi connectivity index (χ1) is 22.9. The summed E-state index contributed by atoms with van der Waals surface area (Å²) >= 11 is 0. The normalized spacial score (nSPS) is 22.0. The Morgan fingerprint density at radius 2 is 1.25 bits per heavy atom. The van der Waals surface area contributed by atoms with Crippen LogP contribution in [0.15, 0.2) is 12.2 Å². The zero-order chi connectivity index (χ0) is 35.9. The monoisotopic (exact) mass is 685 g/mol. The molecule has 0 spiro atoms. The van der Waals surface area contributed by atoms with Crippen LogP contribution in [0.3, 0.4) is 0 Å². The minimum absolute atomic E-state index is 0.157. The lowest BCUT2D eigenvalue weighted by molar-refractivity contribution is -0.309. The topological polar surface area (TPSA) is 173 Å². The third kappa shape index (κ3) is 18.5. The molecule has 2 N–H and O–H groups in total. The van der Waals surface area contributed by atoms with Crippen molar-refractivity contribution in [2.45, 2.75) is 168 Å². The average Bonchev–Trinajstić information content (AvgIpc) is 3.02. The van der Waals surface area contributed by atoms with Crippen LogP contribution in [0.25, 0.3) is 0 Å². The Morgan fingerprint density at radius 3 is 1.77 bits per heavy atom. The minimum Gasteiger partial charge on any atom is -0.463 e. The van der Waals surface area contributed by atoms with Crippen LogP contribution >= 0.6 is 0 Å². The maximum Gasteiger partial charge on any atom is 0.303 e. The fraction of sp³-hybridized carbons (Fsp3) is 0.800. The van der Waals surface area contributed by atoms with E-state index < -0.39 is 73.3 Å². The number of nitrogens with one attached hydrogen (secondary N) is 1. The third-order valence-corrected chi connectivity index (χ3v) is 7.78. The molecule has 0 unspecified atom stereocenters. The van der Waals surface area contributed by atoms with Crippen molar-refractivity contribution in [1.82, 2.24) is 5.32 Å². The lowest BCUT2D eigenvalue weighted by Gasteiger charge is -2.44. The molecule has 0 aromatic carbocycles. The number of unbranched alkanes of at least 4 members (excludes halogenated alkanes) is 11. The molecule has 0 aliphatic carbocycles. The molecule has 1 heterocycles. The van der Waals surface area contributed by atoms with Crippen LogP contribution in [0, 0.1) is 0 Å². The molecule has 13 nitrogen and oxygen atoms in total. The number of esters is 4. The molecule has 7 atom stereocenters. The van der Waals surface area contributed by atoms with Crippen molar-refractivity contribution >= 4 is 29.8 Å². The Kier molecular flexibility index (Phi) is 22.4. The number of rotatable bonds is 24. The largest absolute Gasteiger partial charge is 0.463 e.